The van der Waals surface area contributed by atoms with Crippen LogP contribution in [0.5, 0.6) is 0 Å². The lowest BCUT2D eigenvalue weighted by Crippen LogP contribution is -2.37. The average Bonchev–Trinajstić information content (AvgIpc) is 2.63. The molecule has 1 aliphatic rings. The minimum Gasteiger partial charge on any atom is -0.352 e. The van der Waals surface area contributed by atoms with Crippen LogP contribution in [0.25, 0.3) is 0 Å². The van der Waals surface area contributed by atoms with Crippen molar-refractivity contribution in [3.63, 3.8) is 0 Å². The van der Waals surface area contributed by atoms with E-state index in [-0.39, 0.29) is 24.7 Å². The number of benzene rings is 1. The van der Waals surface area contributed by atoms with Crippen molar-refractivity contribution in [2.75, 3.05) is 17.2 Å². The monoisotopic (exact) mass is 447 g/mol. The van der Waals surface area contributed by atoms with E-state index in [4.69, 9.17) is 0 Å². The predicted molar refractivity (Wildman–Crippen MR) is 112 cm³/mol. The summed E-state index contributed by atoms with van der Waals surface area (Å²) in [5.41, 5.74) is 3.93. The number of pyridine rings is 1. The van der Waals surface area contributed by atoms with Crippen molar-refractivity contribution in [2.45, 2.75) is 38.3 Å². The van der Waals surface area contributed by atoms with E-state index in [0.717, 1.165) is 37.8 Å². The van der Waals surface area contributed by atoms with Gasteiger partial charge in [0.2, 0.25) is 11.8 Å². The van der Waals surface area contributed by atoms with Crippen LogP contribution in [0.1, 0.15) is 29.7 Å². The van der Waals surface area contributed by atoms with E-state index in [2.05, 4.69) is 26.2 Å². The molecule has 1 N–H and O–H groups in total. The van der Waals surface area contributed by atoms with Crippen molar-refractivity contribution in [2.24, 2.45) is 0 Å². The van der Waals surface area contributed by atoms with E-state index in [1.54, 1.807) is 16.7 Å². The van der Waals surface area contributed by atoms with E-state index in [1.807, 2.05) is 44.2 Å². The Bertz CT molecular complexity index is 872. The summed E-state index contributed by atoms with van der Waals surface area (Å²) in [6.45, 7) is 5.08. The number of aromatic nitrogens is 1. The second-order valence-electron chi connectivity index (χ2n) is 6.53. The highest BCUT2D eigenvalue weighted by Crippen LogP contribution is 2.36. The number of hydrogen-bond acceptors (Lipinski definition) is 4. The van der Waals surface area contributed by atoms with Crippen molar-refractivity contribution in [1.82, 2.24) is 10.3 Å². The molecule has 7 heteroatoms. The molecule has 0 radical (unpaired) electrons. The third-order valence-electron chi connectivity index (χ3n) is 4.35. The zero-order chi connectivity index (χ0) is 19.4. The number of thioether (sulfide) groups is 1. The standard InChI is InChI=1S/C20H22BrN3O2S/c1-13-10-14(2)23-20-19(13)24(8-9-27-20)18(26)7-6-17(25)22-12-15-4-3-5-16(21)11-15/h3-5,10-11H,6-9,12H2,1-2H3,(H,22,25). The van der Waals surface area contributed by atoms with Crippen LogP contribution >= 0.6 is 27.7 Å². The summed E-state index contributed by atoms with van der Waals surface area (Å²) >= 11 is 5.10. The van der Waals surface area contributed by atoms with E-state index < -0.39 is 0 Å². The molecule has 142 valence electrons. The number of rotatable bonds is 5. The van der Waals surface area contributed by atoms with E-state index in [9.17, 15) is 9.59 Å². The Hall–Kier alpha value is -1.86. The van der Waals surface area contributed by atoms with Gasteiger partial charge in [0, 0.05) is 41.9 Å². The lowest BCUT2D eigenvalue weighted by atomic mass is 10.1. The van der Waals surface area contributed by atoms with Gasteiger partial charge in [-0.3, -0.25) is 9.59 Å². The number of aryl methyl sites for hydroxylation is 2. The number of hydrogen-bond donors (Lipinski definition) is 1. The first-order valence-corrected chi connectivity index (χ1v) is 10.6. The third kappa shape index (κ3) is 5.11. The molecule has 5 nitrogen and oxygen atoms in total. The highest BCUT2D eigenvalue weighted by atomic mass is 79.9. The van der Waals surface area contributed by atoms with Crippen LogP contribution in [0.2, 0.25) is 0 Å². The summed E-state index contributed by atoms with van der Waals surface area (Å²) in [6, 6.07) is 9.79. The van der Waals surface area contributed by atoms with Gasteiger partial charge in [-0.2, -0.15) is 0 Å². The van der Waals surface area contributed by atoms with Gasteiger partial charge in [0.25, 0.3) is 0 Å². The molecule has 2 amide bonds. The van der Waals surface area contributed by atoms with Crippen LogP contribution in [-0.2, 0) is 16.1 Å². The molecular weight excluding hydrogens is 426 g/mol. The smallest absolute Gasteiger partial charge is 0.227 e. The average molecular weight is 448 g/mol. The lowest BCUT2D eigenvalue weighted by molar-refractivity contribution is -0.125. The quantitative estimate of drug-likeness (QED) is 0.752. The minimum atomic E-state index is -0.117. The molecule has 1 aromatic heterocycles. The van der Waals surface area contributed by atoms with Crippen LogP contribution < -0.4 is 10.2 Å². The number of carbonyl (C=O) groups is 2. The molecule has 1 aromatic carbocycles. The molecule has 0 aliphatic carbocycles. The highest BCUT2D eigenvalue weighted by molar-refractivity contribution is 9.10. The van der Waals surface area contributed by atoms with Crippen molar-refractivity contribution < 1.29 is 9.59 Å². The maximum atomic E-state index is 12.7. The first-order chi connectivity index (χ1) is 12.9. The Morgan fingerprint density at radius 2 is 2.07 bits per heavy atom. The summed E-state index contributed by atoms with van der Waals surface area (Å²) in [7, 11) is 0. The van der Waals surface area contributed by atoms with Crippen molar-refractivity contribution >= 4 is 45.2 Å². The largest absolute Gasteiger partial charge is 0.352 e. The first-order valence-electron chi connectivity index (χ1n) is 8.86. The molecule has 1 aliphatic heterocycles. The number of amides is 2. The molecular formula is C20H22BrN3O2S. The van der Waals surface area contributed by atoms with Gasteiger partial charge in [-0.05, 0) is 43.2 Å². The van der Waals surface area contributed by atoms with E-state index >= 15 is 0 Å². The Kier molecular flexibility index (Phi) is 6.55. The van der Waals surface area contributed by atoms with Gasteiger partial charge in [0.15, 0.2) is 0 Å². The molecule has 0 saturated carbocycles. The van der Waals surface area contributed by atoms with Gasteiger partial charge in [-0.1, -0.05) is 28.1 Å². The Morgan fingerprint density at radius 3 is 2.85 bits per heavy atom. The fraction of sp³-hybridized carbons (Fsp3) is 0.350. The number of nitrogens with zero attached hydrogens (tertiary/aromatic N) is 2. The van der Waals surface area contributed by atoms with Crippen LogP contribution in [0.3, 0.4) is 0 Å². The molecule has 3 rings (SSSR count). The summed E-state index contributed by atoms with van der Waals surface area (Å²) in [5.74, 6) is 0.681. The van der Waals surface area contributed by atoms with Gasteiger partial charge in [0.1, 0.15) is 5.03 Å². The van der Waals surface area contributed by atoms with Gasteiger partial charge >= 0.3 is 0 Å². The molecule has 0 saturated heterocycles. The molecule has 0 atom stereocenters. The summed E-state index contributed by atoms with van der Waals surface area (Å²) in [5, 5.41) is 3.78. The first kappa shape index (κ1) is 19.9. The fourth-order valence-corrected chi connectivity index (χ4v) is 4.64. The number of halogens is 1. The molecule has 0 fully saturated rings. The van der Waals surface area contributed by atoms with Crippen LogP contribution in [0.4, 0.5) is 5.69 Å². The second kappa shape index (κ2) is 8.89. The second-order valence-corrected chi connectivity index (χ2v) is 8.53. The number of nitrogens with one attached hydrogen (secondary N) is 1. The topological polar surface area (TPSA) is 62.3 Å². The molecule has 0 unspecified atom stereocenters. The zero-order valence-electron chi connectivity index (χ0n) is 15.4. The van der Waals surface area contributed by atoms with Gasteiger partial charge < -0.3 is 10.2 Å². The molecule has 0 spiro atoms. The van der Waals surface area contributed by atoms with Crippen LogP contribution in [0, 0.1) is 13.8 Å². The molecule has 2 heterocycles. The Morgan fingerprint density at radius 1 is 1.26 bits per heavy atom. The summed E-state index contributed by atoms with van der Waals surface area (Å²) in [4.78, 5) is 31.2. The predicted octanol–water partition coefficient (Wildman–Crippen LogP) is 4.00. The van der Waals surface area contributed by atoms with Gasteiger partial charge in [0.05, 0.1) is 5.69 Å². The van der Waals surface area contributed by atoms with Gasteiger partial charge in [-0.15, -0.1) is 11.8 Å². The summed E-state index contributed by atoms with van der Waals surface area (Å²) in [6.07, 6.45) is 0.381. The maximum absolute atomic E-state index is 12.7. The van der Waals surface area contributed by atoms with Crippen LogP contribution in [-0.4, -0.2) is 29.1 Å². The normalized spacial score (nSPS) is 13.2. The zero-order valence-corrected chi connectivity index (χ0v) is 17.8. The molecule has 27 heavy (non-hydrogen) atoms. The van der Waals surface area contributed by atoms with Crippen molar-refractivity contribution in [3.05, 3.63) is 51.6 Å². The number of anilines is 1. The lowest BCUT2D eigenvalue weighted by Gasteiger charge is -2.30. The molecule has 0 bridgehead atoms. The highest BCUT2D eigenvalue weighted by Gasteiger charge is 2.26. The fourth-order valence-electron chi connectivity index (χ4n) is 3.11. The van der Waals surface area contributed by atoms with E-state index in [1.165, 1.54) is 0 Å². The SMILES string of the molecule is Cc1cc(C)c2c(n1)SCCN2C(=O)CCC(=O)NCc1cccc(Br)c1. The van der Waals surface area contributed by atoms with Gasteiger partial charge in [-0.25, -0.2) is 4.98 Å². The maximum Gasteiger partial charge on any atom is 0.227 e. The summed E-state index contributed by atoms with van der Waals surface area (Å²) < 4.78 is 0.977. The molecule has 2 aromatic rings. The van der Waals surface area contributed by atoms with E-state index in [0.29, 0.717) is 13.1 Å². The Balaban J connectivity index is 1.56. The third-order valence-corrected chi connectivity index (χ3v) is 5.79. The Labute approximate surface area is 172 Å². The van der Waals surface area contributed by atoms with Crippen molar-refractivity contribution in [1.29, 1.82) is 0 Å². The van der Waals surface area contributed by atoms with Crippen LogP contribution in [0.15, 0.2) is 39.8 Å². The number of carbonyl (C=O) groups excluding carboxylic acids is 2. The minimum absolute atomic E-state index is 0.0251. The number of fused-ring (bicyclic) bond motifs is 1. The van der Waals surface area contributed by atoms with Crippen molar-refractivity contribution in [3.8, 4) is 0 Å².